The van der Waals surface area contributed by atoms with E-state index in [2.05, 4.69) is 48.2 Å². The molecular formula is C23H31NO3. The zero-order valence-corrected chi connectivity index (χ0v) is 16.9. The molecule has 0 atom stereocenters. The lowest BCUT2D eigenvalue weighted by Crippen LogP contribution is -2.42. The van der Waals surface area contributed by atoms with Gasteiger partial charge < -0.3 is 14.6 Å². The van der Waals surface area contributed by atoms with Crippen LogP contribution in [0.15, 0.2) is 42.5 Å². The van der Waals surface area contributed by atoms with E-state index in [1.54, 1.807) is 7.11 Å². The van der Waals surface area contributed by atoms with Crippen molar-refractivity contribution >= 4 is 0 Å². The van der Waals surface area contributed by atoms with Gasteiger partial charge in [-0.15, -0.1) is 0 Å². The van der Waals surface area contributed by atoms with E-state index >= 15 is 0 Å². The fraction of sp³-hybridized carbons (Fsp3) is 0.478. The first-order valence-corrected chi connectivity index (χ1v) is 9.75. The number of piperidine rings is 1. The number of hydrogen-bond acceptors (Lipinski definition) is 4. The molecular weight excluding hydrogens is 338 g/mol. The van der Waals surface area contributed by atoms with Crippen molar-refractivity contribution in [3.63, 3.8) is 0 Å². The molecule has 1 heterocycles. The number of ether oxygens (including phenoxy) is 2. The molecule has 0 bridgehead atoms. The van der Waals surface area contributed by atoms with Gasteiger partial charge in [0.05, 0.1) is 18.8 Å². The highest BCUT2D eigenvalue weighted by molar-refractivity contribution is 5.43. The van der Waals surface area contributed by atoms with Crippen molar-refractivity contribution in [3.8, 4) is 11.5 Å². The van der Waals surface area contributed by atoms with Crippen molar-refractivity contribution in [1.82, 2.24) is 4.90 Å². The van der Waals surface area contributed by atoms with Crippen LogP contribution in [0.3, 0.4) is 0 Å². The van der Waals surface area contributed by atoms with E-state index in [0.717, 1.165) is 49.5 Å². The summed E-state index contributed by atoms with van der Waals surface area (Å²) in [6.07, 6.45) is 1.62. The summed E-state index contributed by atoms with van der Waals surface area (Å²) < 4.78 is 11.3. The second-order valence-corrected chi connectivity index (χ2v) is 7.83. The highest BCUT2D eigenvalue weighted by Crippen LogP contribution is 2.34. The molecule has 0 saturated carbocycles. The minimum Gasteiger partial charge on any atom is -0.493 e. The lowest BCUT2D eigenvalue weighted by molar-refractivity contribution is -0.0277. The average Bonchev–Trinajstić information content (AvgIpc) is 2.65. The number of nitrogens with zero attached hydrogens (tertiary/aromatic N) is 1. The van der Waals surface area contributed by atoms with Gasteiger partial charge in [0.15, 0.2) is 11.5 Å². The Hall–Kier alpha value is -2.04. The first-order valence-electron chi connectivity index (χ1n) is 9.75. The zero-order chi connectivity index (χ0) is 19.4. The number of likely N-dealkylation sites (tertiary alicyclic amines) is 1. The largest absolute Gasteiger partial charge is 0.493 e. The molecule has 0 unspecified atom stereocenters. The van der Waals surface area contributed by atoms with Gasteiger partial charge in [0.25, 0.3) is 0 Å². The number of hydrogen-bond donors (Lipinski definition) is 1. The summed E-state index contributed by atoms with van der Waals surface area (Å²) in [5.74, 6) is 1.55. The Bertz CT molecular complexity index is 747. The van der Waals surface area contributed by atoms with E-state index < -0.39 is 5.60 Å². The molecule has 4 heteroatoms. The molecule has 0 amide bonds. The minimum atomic E-state index is -0.711. The van der Waals surface area contributed by atoms with Gasteiger partial charge in [-0.3, -0.25) is 4.90 Å². The highest BCUT2D eigenvalue weighted by atomic mass is 16.5. The van der Waals surface area contributed by atoms with E-state index in [-0.39, 0.29) is 6.10 Å². The van der Waals surface area contributed by atoms with Crippen molar-refractivity contribution in [1.29, 1.82) is 0 Å². The van der Waals surface area contributed by atoms with Crippen LogP contribution in [0.1, 0.15) is 43.4 Å². The Morgan fingerprint density at radius 2 is 1.70 bits per heavy atom. The van der Waals surface area contributed by atoms with E-state index in [1.807, 2.05) is 19.9 Å². The zero-order valence-electron chi connectivity index (χ0n) is 16.9. The number of aryl methyl sites for hydroxylation is 1. The van der Waals surface area contributed by atoms with E-state index in [9.17, 15) is 5.11 Å². The van der Waals surface area contributed by atoms with Gasteiger partial charge in [-0.05, 0) is 56.9 Å². The highest BCUT2D eigenvalue weighted by Gasteiger charge is 2.33. The van der Waals surface area contributed by atoms with Gasteiger partial charge in [0.1, 0.15) is 0 Å². The molecule has 27 heavy (non-hydrogen) atoms. The molecule has 3 rings (SSSR count). The smallest absolute Gasteiger partial charge is 0.161 e. The number of benzene rings is 2. The van der Waals surface area contributed by atoms with Gasteiger partial charge in [-0.25, -0.2) is 0 Å². The van der Waals surface area contributed by atoms with Crippen LogP contribution in [0.2, 0.25) is 0 Å². The fourth-order valence-corrected chi connectivity index (χ4v) is 3.65. The molecule has 0 spiro atoms. The van der Waals surface area contributed by atoms with Crippen LogP contribution in [-0.2, 0) is 12.1 Å². The standard InChI is InChI=1S/C23H31NO3/c1-17(2)27-21-10-7-19(15-22(21)26-4)16-24-13-11-23(25,12-14-24)20-8-5-18(3)6-9-20/h5-10,15,17,25H,11-14,16H2,1-4H3. The predicted molar refractivity (Wildman–Crippen MR) is 108 cm³/mol. The molecule has 1 N–H and O–H groups in total. The summed E-state index contributed by atoms with van der Waals surface area (Å²) in [5, 5.41) is 11.1. The monoisotopic (exact) mass is 369 g/mol. The fourth-order valence-electron chi connectivity index (χ4n) is 3.65. The third-order valence-corrected chi connectivity index (χ3v) is 5.27. The first kappa shape index (κ1) is 19.7. The Labute approximate surface area is 162 Å². The number of methoxy groups -OCH3 is 1. The summed E-state index contributed by atoms with van der Waals surface area (Å²) in [6.45, 7) is 8.69. The Morgan fingerprint density at radius 3 is 2.30 bits per heavy atom. The molecule has 1 saturated heterocycles. The van der Waals surface area contributed by atoms with Crippen LogP contribution in [0, 0.1) is 6.92 Å². The van der Waals surface area contributed by atoms with Crippen molar-refractivity contribution < 1.29 is 14.6 Å². The van der Waals surface area contributed by atoms with Crippen molar-refractivity contribution in [2.75, 3.05) is 20.2 Å². The van der Waals surface area contributed by atoms with Crippen LogP contribution >= 0.6 is 0 Å². The van der Waals surface area contributed by atoms with Gasteiger partial charge in [0, 0.05) is 19.6 Å². The maximum absolute atomic E-state index is 11.1. The molecule has 0 aliphatic carbocycles. The van der Waals surface area contributed by atoms with Crippen molar-refractivity contribution in [2.24, 2.45) is 0 Å². The number of aliphatic hydroxyl groups is 1. The van der Waals surface area contributed by atoms with Crippen LogP contribution in [-0.4, -0.2) is 36.3 Å². The minimum absolute atomic E-state index is 0.117. The summed E-state index contributed by atoms with van der Waals surface area (Å²) in [5.41, 5.74) is 2.74. The Balaban J connectivity index is 1.62. The predicted octanol–water partition coefficient (Wildman–Crippen LogP) is 4.27. The van der Waals surface area contributed by atoms with Gasteiger partial charge in [-0.2, -0.15) is 0 Å². The third kappa shape index (κ3) is 4.82. The molecule has 2 aromatic rings. The summed E-state index contributed by atoms with van der Waals surface area (Å²) in [7, 11) is 1.68. The third-order valence-electron chi connectivity index (χ3n) is 5.27. The maximum Gasteiger partial charge on any atom is 0.161 e. The maximum atomic E-state index is 11.1. The summed E-state index contributed by atoms with van der Waals surface area (Å²) in [6, 6.07) is 14.4. The number of rotatable bonds is 6. The lowest BCUT2D eigenvalue weighted by atomic mass is 9.84. The van der Waals surface area contributed by atoms with Crippen molar-refractivity contribution in [2.45, 2.75) is 51.9 Å². The van der Waals surface area contributed by atoms with Crippen LogP contribution in [0.25, 0.3) is 0 Å². The molecule has 2 aromatic carbocycles. The topological polar surface area (TPSA) is 41.9 Å². The summed E-state index contributed by atoms with van der Waals surface area (Å²) in [4.78, 5) is 2.39. The normalized spacial score (nSPS) is 17.1. The molecule has 4 nitrogen and oxygen atoms in total. The van der Waals surface area contributed by atoms with Crippen LogP contribution in [0.5, 0.6) is 11.5 Å². The van der Waals surface area contributed by atoms with E-state index in [1.165, 1.54) is 11.1 Å². The van der Waals surface area contributed by atoms with Gasteiger partial charge >= 0.3 is 0 Å². The SMILES string of the molecule is COc1cc(CN2CCC(O)(c3ccc(C)cc3)CC2)ccc1OC(C)C. The van der Waals surface area contributed by atoms with Crippen LogP contribution < -0.4 is 9.47 Å². The van der Waals surface area contributed by atoms with E-state index in [4.69, 9.17) is 9.47 Å². The second-order valence-electron chi connectivity index (χ2n) is 7.83. The lowest BCUT2D eigenvalue weighted by Gasteiger charge is -2.38. The molecule has 1 aliphatic heterocycles. The molecule has 146 valence electrons. The Morgan fingerprint density at radius 1 is 1.04 bits per heavy atom. The van der Waals surface area contributed by atoms with Crippen LogP contribution in [0.4, 0.5) is 0 Å². The molecule has 1 aliphatic rings. The second kappa shape index (κ2) is 8.32. The van der Waals surface area contributed by atoms with E-state index in [0.29, 0.717) is 0 Å². The van der Waals surface area contributed by atoms with Gasteiger partial charge in [0.2, 0.25) is 0 Å². The molecule has 0 radical (unpaired) electrons. The molecule has 1 fully saturated rings. The molecule has 0 aromatic heterocycles. The quantitative estimate of drug-likeness (QED) is 0.825. The Kier molecular flexibility index (Phi) is 6.08. The first-order chi connectivity index (χ1) is 12.9. The van der Waals surface area contributed by atoms with Crippen molar-refractivity contribution in [3.05, 3.63) is 59.2 Å². The van der Waals surface area contributed by atoms with Gasteiger partial charge in [-0.1, -0.05) is 35.9 Å². The summed E-state index contributed by atoms with van der Waals surface area (Å²) >= 11 is 0. The average molecular weight is 370 g/mol.